The molecular formula is C30H25NO3. The predicted molar refractivity (Wildman–Crippen MR) is 136 cm³/mol. The summed E-state index contributed by atoms with van der Waals surface area (Å²) in [4.78, 5) is 28.2. The molecule has 1 heterocycles. The topological polar surface area (TPSA) is 57.6 Å². The third kappa shape index (κ3) is 3.57. The summed E-state index contributed by atoms with van der Waals surface area (Å²) in [6, 6.07) is 29.6. The first-order valence-electron chi connectivity index (χ1n) is 11.4. The fraction of sp³-hybridized carbons (Fsp3) is 0.133. The number of benzene rings is 4. The summed E-state index contributed by atoms with van der Waals surface area (Å²) in [5, 5.41) is 13.3. The maximum absolute atomic E-state index is 13.4. The van der Waals surface area contributed by atoms with Gasteiger partial charge in [-0.15, -0.1) is 0 Å². The Balaban J connectivity index is 1.73. The maximum atomic E-state index is 13.4. The van der Waals surface area contributed by atoms with Gasteiger partial charge in [0.25, 0.3) is 11.7 Å². The van der Waals surface area contributed by atoms with Crippen LogP contribution in [0.3, 0.4) is 0 Å². The highest BCUT2D eigenvalue weighted by Gasteiger charge is 2.47. The number of hydrogen-bond acceptors (Lipinski definition) is 3. The monoisotopic (exact) mass is 447 g/mol. The molecule has 168 valence electrons. The molecule has 4 aromatic rings. The van der Waals surface area contributed by atoms with Crippen molar-refractivity contribution in [1.29, 1.82) is 0 Å². The predicted octanol–water partition coefficient (Wildman–Crippen LogP) is 6.59. The Bertz CT molecular complexity index is 1410. The van der Waals surface area contributed by atoms with Gasteiger partial charge in [-0.25, -0.2) is 0 Å². The summed E-state index contributed by atoms with van der Waals surface area (Å²) in [6.07, 6.45) is 0. The Morgan fingerprint density at radius 1 is 0.794 bits per heavy atom. The van der Waals surface area contributed by atoms with Gasteiger partial charge in [-0.3, -0.25) is 14.5 Å². The van der Waals surface area contributed by atoms with Gasteiger partial charge in [-0.05, 0) is 39.9 Å². The van der Waals surface area contributed by atoms with Crippen molar-refractivity contribution in [3.63, 3.8) is 0 Å². The zero-order valence-electron chi connectivity index (χ0n) is 19.1. The number of carbonyl (C=O) groups excluding carboxylic acids is 2. The molecule has 34 heavy (non-hydrogen) atoms. The number of hydrogen-bond donors (Lipinski definition) is 1. The van der Waals surface area contributed by atoms with E-state index in [-0.39, 0.29) is 11.3 Å². The van der Waals surface area contributed by atoms with Crippen molar-refractivity contribution in [2.45, 2.75) is 25.8 Å². The lowest BCUT2D eigenvalue weighted by Gasteiger charge is -2.26. The van der Waals surface area contributed by atoms with Crippen LogP contribution in [0.4, 0.5) is 5.69 Å². The number of amides is 1. The molecule has 1 fully saturated rings. The lowest BCUT2D eigenvalue weighted by Crippen LogP contribution is -2.29. The molecule has 1 saturated heterocycles. The first-order chi connectivity index (χ1) is 16.5. The minimum atomic E-state index is -0.731. The molecule has 1 amide bonds. The lowest BCUT2D eigenvalue weighted by atomic mass is 9.93. The van der Waals surface area contributed by atoms with Gasteiger partial charge in [0.2, 0.25) is 0 Å². The second-order valence-corrected chi connectivity index (χ2v) is 8.85. The number of aliphatic hydroxyl groups excluding tert-OH is 1. The standard InChI is InChI=1S/C30H25NO3/c1-19(2)20-15-17-23(18-16-20)31-27(22-10-4-3-5-11-22)26(29(33)30(31)34)28(32)25-14-8-12-21-9-6-7-13-24(21)25/h3-19,27,32H,1-2H3/b28-26-. The summed E-state index contributed by atoms with van der Waals surface area (Å²) in [7, 11) is 0. The van der Waals surface area contributed by atoms with Crippen molar-refractivity contribution in [3.05, 3.63) is 119 Å². The Morgan fingerprint density at radius 2 is 1.44 bits per heavy atom. The molecule has 1 unspecified atom stereocenters. The number of nitrogens with zero attached hydrogens (tertiary/aromatic N) is 1. The number of anilines is 1. The lowest BCUT2D eigenvalue weighted by molar-refractivity contribution is -0.132. The molecule has 0 radical (unpaired) electrons. The number of ketones is 1. The molecule has 4 aromatic carbocycles. The van der Waals surface area contributed by atoms with Crippen LogP contribution in [-0.4, -0.2) is 16.8 Å². The fourth-order valence-electron chi connectivity index (χ4n) is 4.65. The minimum Gasteiger partial charge on any atom is -0.507 e. The molecule has 4 heteroatoms. The fourth-order valence-corrected chi connectivity index (χ4v) is 4.65. The van der Waals surface area contributed by atoms with Gasteiger partial charge >= 0.3 is 0 Å². The van der Waals surface area contributed by atoms with Crippen molar-refractivity contribution < 1.29 is 14.7 Å². The second kappa shape index (κ2) is 8.64. The van der Waals surface area contributed by atoms with Gasteiger partial charge in [-0.2, -0.15) is 0 Å². The van der Waals surface area contributed by atoms with E-state index in [1.807, 2.05) is 91.0 Å². The van der Waals surface area contributed by atoms with E-state index in [0.717, 1.165) is 21.9 Å². The molecule has 5 rings (SSSR count). The van der Waals surface area contributed by atoms with E-state index in [1.54, 1.807) is 6.07 Å². The van der Waals surface area contributed by atoms with Gasteiger partial charge in [0.05, 0.1) is 11.6 Å². The summed E-state index contributed by atoms with van der Waals surface area (Å²) in [5.41, 5.74) is 3.16. The van der Waals surface area contributed by atoms with Crippen LogP contribution in [0.25, 0.3) is 16.5 Å². The average Bonchev–Trinajstić information content (AvgIpc) is 3.14. The van der Waals surface area contributed by atoms with Crippen LogP contribution in [0.2, 0.25) is 0 Å². The highest BCUT2D eigenvalue weighted by Crippen LogP contribution is 2.43. The van der Waals surface area contributed by atoms with E-state index in [9.17, 15) is 14.7 Å². The molecule has 0 saturated carbocycles. The van der Waals surface area contributed by atoms with Gasteiger partial charge in [0, 0.05) is 11.3 Å². The Kier molecular flexibility index (Phi) is 5.50. The summed E-state index contributed by atoms with van der Waals surface area (Å²) >= 11 is 0. The van der Waals surface area contributed by atoms with Gasteiger partial charge in [0.15, 0.2) is 0 Å². The number of rotatable bonds is 4. The van der Waals surface area contributed by atoms with E-state index in [0.29, 0.717) is 17.2 Å². The third-order valence-electron chi connectivity index (χ3n) is 6.44. The van der Waals surface area contributed by atoms with Gasteiger partial charge < -0.3 is 5.11 Å². The van der Waals surface area contributed by atoms with Crippen LogP contribution in [-0.2, 0) is 9.59 Å². The highest BCUT2D eigenvalue weighted by atomic mass is 16.3. The number of fused-ring (bicyclic) bond motifs is 1. The van der Waals surface area contributed by atoms with Crippen molar-refractivity contribution in [3.8, 4) is 0 Å². The zero-order valence-corrected chi connectivity index (χ0v) is 19.1. The highest BCUT2D eigenvalue weighted by molar-refractivity contribution is 6.51. The molecule has 0 aromatic heterocycles. The van der Waals surface area contributed by atoms with Crippen LogP contribution < -0.4 is 4.90 Å². The molecular weight excluding hydrogens is 422 g/mol. The van der Waals surface area contributed by atoms with E-state index in [4.69, 9.17) is 0 Å². The number of Topliss-reactive ketones (excluding diaryl/α,β-unsaturated/α-hetero) is 1. The molecule has 0 spiro atoms. The van der Waals surface area contributed by atoms with Gasteiger partial charge in [-0.1, -0.05) is 98.8 Å². The molecule has 1 N–H and O–H groups in total. The SMILES string of the molecule is CC(C)c1ccc(N2C(=O)C(=O)/C(=C(\O)c3cccc4ccccc34)C2c2ccccc2)cc1. The smallest absolute Gasteiger partial charge is 0.300 e. The summed E-state index contributed by atoms with van der Waals surface area (Å²) < 4.78 is 0. The first-order valence-corrected chi connectivity index (χ1v) is 11.4. The van der Waals surface area contributed by atoms with Crippen molar-refractivity contribution >= 4 is 33.9 Å². The van der Waals surface area contributed by atoms with E-state index in [1.165, 1.54) is 4.90 Å². The minimum absolute atomic E-state index is 0.0977. The largest absolute Gasteiger partial charge is 0.507 e. The van der Waals surface area contributed by atoms with Crippen molar-refractivity contribution in [2.24, 2.45) is 0 Å². The Hall–Kier alpha value is -4.18. The number of aliphatic hydroxyl groups is 1. The molecule has 4 nitrogen and oxygen atoms in total. The molecule has 0 bridgehead atoms. The summed E-state index contributed by atoms with van der Waals surface area (Å²) in [6.45, 7) is 4.21. The molecule has 1 aliphatic heterocycles. The average molecular weight is 448 g/mol. The second-order valence-electron chi connectivity index (χ2n) is 8.85. The maximum Gasteiger partial charge on any atom is 0.300 e. The number of carbonyl (C=O) groups is 2. The third-order valence-corrected chi connectivity index (χ3v) is 6.44. The molecule has 1 atom stereocenters. The normalized spacial score (nSPS) is 17.6. The van der Waals surface area contributed by atoms with Crippen LogP contribution >= 0.6 is 0 Å². The van der Waals surface area contributed by atoms with Crippen molar-refractivity contribution in [2.75, 3.05) is 4.90 Å². The van der Waals surface area contributed by atoms with Crippen LogP contribution in [0, 0.1) is 0 Å². The van der Waals surface area contributed by atoms with Crippen LogP contribution in [0.5, 0.6) is 0 Å². The molecule has 1 aliphatic rings. The Morgan fingerprint density at radius 3 is 2.15 bits per heavy atom. The van der Waals surface area contributed by atoms with Gasteiger partial charge in [0.1, 0.15) is 5.76 Å². The molecule has 0 aliphatic carbocycles. The summed E-state index contributed by atoms with van der Waals surface area (Å²) in [5.74, 6) is -1.15. The first kappa shape index (κ1) is 21.7. The van der Waals surface area contributed by atoms with E-state index in [2.05, 4.69) is 13.8 Å². The quantitative estimate of drug-likeness (QED) is 0.218. The van der Waals surface area contributed by atoms with Crippen LogP contribution in [0.15, 0.2) is 103 Å². The van der Waals surface area contributed by atoms with Crippen LogP contribution in [0.1, 0.15) is 42.5 Å². The van der Waals surface area contributed by atoms with Crippen molar-refractivity contribution in [1.82, 2.24) is 0 Å². The van der Waals surface area contributed by atoms with E-state index < -0.39 is 17.7 Å². The zero-order chi connectivity index (χ0) is 23.8. The Labute approximate surface area is 198 Å². The van der Waals surface area contributed by atoms with E-state index >= 15 is 0 Å².